The Morgan fingerprint density at radius 3 is 2.68 bits per heavy atom. The zero-order valence-corrected chi connectivity index (χ0v) is 10.7. The summed E-state index contributed by atoms with van der Waals surface area (Å²) in [4.78, 5) is 12.0. The van der Waals surface area contributed by atoms with E-state index in [4.69, 9.17) is 10.5 Å². The van der Waals surface area contributed by atoms with Gasteiger partial charge in [0.25, 0.3) is 5.91 Å². The smallest absolute Gasteiger partial charge is 0.255 e. The van der Waals surface area contributed by atoms with Crippen molar-refractivity contribution in [1.29, 1.82) is 0 Å². The molecule has 0 saturated carbocycles. The standard InChI is InChI=1S/C15H16N2O2/c1-19-14-9-7-13(8-10-14)17-15(18)11-3-2-4-12(16)6-5-11/h2-3,5-10H,4,16H2,1H3,(H,17,18). The molecular formula is C15H16N2O2. The highest BCUT2D eigenvalue weighted by Gasteiger charge is 2.07. The van der Waals surface area contributed by atoms with Crippen LogP contribution in [0, 0.1) is 0 Å². The van der Waals surface area contributed by atoms with E-state index in [1.165, 1.54) is 0 Å². The first kappa shape index (κ1) is 13.0. The molecule has 1 aliphatic carbocycles. The number of rotatable bonds is 3. The number of amides is 1. The molecule has 1 aliphatic rings. The molecule has 0 fully saturated rings. The molecule has 0 atom stereocenters. The Morgan fingerprint density at radius 2 is 2.00 bits per heavy atom. The van der Waals surface area contributed by atoms with Crippen LogP contribution in [0.1, 0.15) is 6.42 Å². The Bertz CT molecular complexity index is 554. The summed E-state index contributed by atoms with van der Waals surface area (Å²) in [5.74, 6) is 0.592. The fourth-order valence-electron chi connectivity index (χ4n) is 1.67. The summed E-state index contributed by atoms with van der Waals surface area (Å²) in [6, 6.07) is 7.18. The van der Waals surface area contributed by atoms with Gasteiger partial charge in [-0.3, -0.25) is 4.79 Å². The molecule has 2 rings (SSSR count). The first-order chi connectivity index (χ1) is 9.19. The Balaban J connectivity index is 2.08. The van der Waals surface area contributed by atoms with E-state index < -0.39 is 0 Å². The summed E-state index contributed by atoms with van der Waals surface area (Å²) in [6.07, 6.45) is 7.78. The van der Waals surface area contributed by atoms with Gasteiger partial charge in [-0.25, -0.2) is 0 Å². The molecule has 98 valence electrons. The van der Waals surface area contributed by atoms with Crippen molar-refractivity contribution < 1.29 is 9.53 Å². The summed E-state index contributed by atoms with van der Waals surface area (Å²) in [5, 5.41) is 2.82. The molecule has 1 aromatic carbocycles. The summed E-state index contributed by atoms with van der Waals surface area (Å²) < 4.78 is 5.06. The highest BCUT2D eigenvalue weighted by atomic mass is 16.5. The molecule has 1 amide bonds. The minimum Gasteiger partial charge on any atom is -0.497 e. The maximum Gasteiger partial charge on any atom is 0.255 e. The largest absolute Gasteiger partial charge is 0.497 e. The molecule has 0 heterocycles. The molecule has 0 saturated heterocycles. The quantitative estimate of drug-likeness (QED) is 0.872. The van der Waals surface area contributed by atoms with E-state index in [-0.39, 0.29) is 5.91 Å². The van der Waals surface area contributed by atoms with Gasteiger partial charge >= 0.3 is 0 Å². The van der Waals surface area contributed by atoms with Crippen LogP contribution in [-0.2, 0) is 4.79 Å². The van der Waals surface area contributed by atoms with Crippen molar-refractivity contribution in [1.82, 2.24) is 0 Å². The normalized spacial score (nSPS) is 14.2. The molecule has 1 aromatic rings. The maximum absolute atomic E-state index is 12.0. The van der Waals surface area contributed by atoms with Gasteiger partial charge in [0, 0.05) is 23.4 Å². The fourth-order valence-corrected chi connectivity index (χ4v) is 1.67. The van der Waals surface area contributed by atoms with E-state index in [1.807, 2.05) is 6.08 Å². The Labute approximate surface area is 112 Å². The number of anilines is 1. The van der Waals surface area contributed by atoms with E-state index in [1.54, 1.807) is 49.6 Å². The van der Waals surface area contributed by atoms with E-state index in [0.717, 1.165) is 17.1 Å². The van der Waals surface area contributed by atoms with Crippen molar-refractivity contribution in [3.8, 4) is 5.75 Å². The number of nitrogens with two attached hydrogens (primary N) is 1. The van der Waals surface area contributed by atoms with Crippen molar-refractivity contribution in [2.45, 2.75) is 6.42 Å². The Morgan fingerprint density at radius 1 is 1.26 bits per heavy atom. The number of carbonyl (C=O) groups excluding carboxylic acids is 1. The number of hydrogen-bond donors (Lipinski definition) is 2. The van der Waals surface area contributed by atoms with Crippen LogP contribution in [-0.4, -0.2) is 13.0 Å². The third-order valence-corrected chi connectivity index (χ3v) is 2.74. The van der Waals surface area contributed by atoms with Crippen LogP contribution in [0.25, 0.3) is 0 Å². The molecule has 4 heteroatoms. The topological polar surface area (TPSA) is 64.3 Å². The SMILES string of the molecule is COc1ccc(NC(=O)C2=CC=C(N)CC=C2)cc1. The van der Waals surface area contributed by atoms with E-state index in [0.29, 0.717) is 12.0 Å². The highest BCUT2D eigenvalue weighted by Crippen LogP contribution is 2.16. The summed E-state index contributed by atoms with van der Waals surface area (Å²) in [7, 11) is 1.60. The zero-order chi connectivity index (χ0) is 13.7. The monoisotopic (exact) mass is 256 g/mol. The lowest BCUT2D eigenvalue weighted by atomic mass is 10.2. The maximum atomic E-state index is 12.0. The zero-order valence-electron chi connectivity index (χ0n) is 10.7. The van der Waals surface area contributed by atoms with Gasteiger partial charge in [0.1, 0.15) is 5.75 Å². The van der Waals surface area contributed by atoms with Crippen molar-refractivity contribution in [3.63, 3.8) is 0 Å². The van der Waals surface area contributed by atoms with Gasteiger partial charge in [-0.05, 0) is 36.4 Å². The van der Waals surface area contributed by atoms with Gasteiger partial charge < -0.3 is 15.8 Å². The van der Waals surface area contributed by atoms with Gasteiger partial charge in [-0.15, -0.1) is 0 Å². The number of carbonyl (C=O) groups is 1. The average Bonchev–Trinajstić information content (AvgIpc) is 2.64. The van der Waals surface area contributed by atoms with Gasteiger partial charge in [-0.1, -0.05) is 12.2 Å². The number of allylic oxidation sites excluding steroid dienone is 3. The van der Waals surface area contributed by atoms with Crippen LogP contribution in [0.4, 0.5) is 5.69 Å². The minimum atomic E-state index is -0.160. The second-order valence-corrected chi connectivity index (χ2v) is 4.15. The van der Waals surface area contributed by atoms with Gasteiger partial charge in [0.15, 0.2) is 0 Å². The molecule has 19 heavy (non-hydrogen) atoms. The third-order valence-electron chi connectivity index (χ3n) is 2.74. The predicted molar refractivity (Wildman–Crippen MR) is 75.7 cm³/mol. The van der Waals surface area contributed by atoms with Crippen LogP contribution in [0.3, 0.4) is 0 Å². The second-order valence-electron chi connectivity index (χ2n) is 4.15. The second kappa shape index (κ2) is 5.91. The van der Waals surface area contributed by atoms with Gasteiger partial charge in [-0.2, -0.15) is 0 Å². The van der Waals surface area contributed by atoms with E-state index in [9.17, 15) is 4.79 Å². The number of nitrogens with one attached hydrogen (secondary N) is 1. The number of ether oxygens (including phenoxy) is 1. The van der Waals surface area contributed by atoms with Crippen molar-refractivity contribution >= 4 is 11.6 Å². The van der Waals surface area contributed by atoms with Crippen molar-refractivity contribution in [2.24, 2.45) is 5.73 Å². The molecule has 0 aliphatic heterocycles. The number of benzene rings is 1. The summed E-state index contributed by atoms with van der Waals surface area (Å²) in [6.45, 7) is 0. The van der Waals surface area contributed by atoms with Gasteiger partial charge in [0.05, 0.1) is 7.11 Å². The molecule has 0 spiro atoms. The van der Waals surface area contributed by atoms with Gasteiger partial charge in [0.2, 0.25) is 0 Å². The molecule has 0 bridgehead atoms. The Hall–Kier alpha value is -2.49. The lowest BCUT2D eigenvalue weighted by Gasteiger charge is -2.06. The van der Waals surface area contributed by atoms with Crippen molar-refractivity contribution in [3.05, 3.63) is 59.8 Å². The lowest BCUT2D eigenvalue weighted by Crippen LogP contribution is -2.13. The molecule has 4 nitrogen and oxygen atoms in total. The molecule has 3 N–H and O–H groups in total. The predicted octanol–water partition coefficient (Wildman–Crippen LogP) is 2.36. The first-order valence-corrected chi connectivity index (χ1v) is 5.97. The van der Waals surface area contributed by atoms with Crippen molar-refractivity contribution in [2.75, 3.05) is 12.4 Å². The Kier molecular flexibility index (Phi) is 4.03. The fraction of sp³-hybridized carbons (Fsp3) is 0.133. The van der Waals surface area contributed by atoms with E-state index in [2.05, 4.69) is 5.32 Å². The first-order valence-electron chi connectivity index (χ1n) is 5.97. The van der Waals surface area contributed by atoms with Crippen LogP contribution in [0.5, 0.6) is 5.75 Å². The number of hydrogen-bond acceptors (Lipinski definition) is 3. The van der Waals surface area contributed by atoms with E-state index >= 15 is 0 Å². The highest BCUT2D eigenvalue weighted by molar-refractivity contribution is 6.06. The minimum absolute atomic E-state index is 0.160. The molecular weight excluding hydrogens is 240 g/mol. The summed E-state index contributed by atoms with van der Waals surface area (Å²) in [5.41, 5.74) is 7.74. The molecule has 0 radical (unpaired) electrons. The third kappa shape index (κ3) is 3.48. The van der Waals surface area contributed by atoms with Crippen LogP contribution < -0.4 is 15.8 Å². The number of methoxy groups -OCH3 is 1. The molecule has 0 aromatic heterocycles. The molecule has 0 unspecified atom stereocenters. The van der Waals surface area contributed by atoms with Crippen LogP contribution in [0.15, 0.2) is 59.8 Å². The summed E-state index contributed by atoms with van der Waals surface area (Å²) >= 11 is 0. The van der Waals surface area contributed by atoms with Crippen LogP contribution in [0.2, 0.25) is 0 Å². The lowest BCUT2D eigenvalue weighted by molar-refractivity contribution is -0.112. The average molecular weight is 256 g/mol. The van der Waals surface area contributed by atoms with Crippen LogP contribution >= 0.6 is 0 Å².